The summed E-state index contributed by atoms with van der Waals surface area (Å²) in [6.45, 7) is 2.66. The molecule has 2 saturated heterocycles. The van der Waals surface area contributed by atoms with Crippen LogP contribution < -0.4 is 10.1 Å². The second kappa shape index (κ2) is 9.09. The highest BCUT2D eigenvalue weighted by molar-refractivity contribution is 6.04. The first-order valence-corrected chi connectivity index (χ1v) is 10.2. The fourth-order valence-corrected chi connectivity index (χ4v) is 3.73. The van der Waals surface area contributed by atoms with E-state index in [4.69, 9.17) is 9.47 Å². The number of carbonyl (C=O) groups is 2. The Morgan fingerprint density at radius 1 is 1.17 bits per heavy atom. The maximum absolute atomic E-state index is 12.7. The van der Waals surface area contributed by atoms with Gasteiger partial charge in [0.15, 0.2) is 0 Å². The van der Waals surface area contributed by atoms with Crippen LogP contribution in [0.3, 0.4) is 0 Å². The minimum absolute atomic E-state index is 0.151. The molecule has 0 saturated carbocycles. The van der Waals surface area contributed by atoms with Crippen LogP contribution in [0.1, 0.15) is 41.6 Å². The van der Waals surface area contributed by atoms with Gasteiger partial charge in [-0.2, -0.15) is 0 Å². The van der Waals surface area contributed by atoms with Crippen molar-refractivity contribution in [2.45, 2.75) is 38.3 Å². The molecule has 0 spiro atoms. The van der Waals surface area contributed by atoms with Gasteiger partial charge in [-0.25, -0.2) is 0 Å². The van der Waals surface area contributed by atoms with E-state index >= 15 is 0 Å². The lowest BCUT2D eigenvalue weighted by Crippen LogP contribution is -2.24. The molecule has 1 unspecified atom stereocenters. The van der Waals surface area contributed by atoms with E-state index in [1.807, 2.05) is 47.4 Å². The Hall–Kier alpha value is -2.86. The molecule has 0 bridgehead atoms. The summed E-state index contributed by atoms with van der Waals surface area (Å²) in [5.41, 5.74) is 2.21. The maximum Gasteiger partial charge on any atom is 0.255 e. The largest absolute Gasteiger partial charge is 0.491 e. The van der Waals surface area contributed by atoms with Crippen molar-refractivity contribution < 1.29 is 19.1 Å². The monoisotopic (exact) mass is 394 g/mol. The first-order chi connectivity index (χ1) is 14.2. The van der Waals surface area contributed by atoms with Crippen LogP contribution in [0.25, 0.3) is 0 Å². The van der Waals surface area contributed by atoms with Crippen molar-refractivity contribution in [3.63, 3.8) is 0 Å². The molecular weight excluding hydrogens is 368 g/mol. The molecule has 0 aromatic heterocycles. The van der Waals surface area contributed by atoms with Crippen LogP contribution in [0.2, 0.25) is 0 Å². The molecule has 0 aliphatic carbocycles. The van der Waals surface area contributed by atoms with Crippen LogP contribution in [-0.4, -0.2) is 42.6 Å². The lowest BCUT2D eigenvalue weighted by Gasteiger charge is -2.16. The highest BCUT2D eigenvalue weighted by atomic mass is 16.5. The minimum Gasteiger partial charge on any atom is -0.491 e. The molecule has 152 valence electrons. The van der Waals surface area contributed by atoms with Crippen molar-refractivity contribution in [2.75, 3.05) is 25.1 Å². The number of amides is 2. The Kier molecular flexibility index (Phi) is 6.10. The standard InChI is InChI=1S/C23H26N2O4/c26-22-10-3-11-25(22)15-17-5-1-6-18(13-17)23(27)24-19-7-2-8-20(14-19)29-16-21-9-4-12-28-21/h1-2,5-8,13-14,21H,3-4,9-12,15-16H2,(H,24,27). The van der Waals surface area contributed by atoms with E-state index in [1.165, 1.54) is 0 Å². The molecule has 2 aliphatic rings. The molecule has 1 N–H and O–H groups in total. The minimum atomic E-state index is -0.184. The van der Waals surface area contributed by atoms with Crippen LogP contribution in [-0.2, 0) is 16.1 Å². The smallest absolute Gasteiger partial charge is 0.255 e. The first-order valence-electron chi connectivity index (χ1n) is 10.2. The number of benzene rings is 2. The van der Waals surface area contributed by atoms with E-state index in [1.54, 1.807) is 6.07 Å². The maximum atomic E-state index is 12.7. The summed E-state index contributed by atoms with van der Waals surface area (Å²) in [6.07, 6.45) is 3.78. The molecule has 2 aliphatic heterocycles. The van der Waals surface area contributed by atoms with Gasteiger partial charge in [-0.3, -0.25) is 9.59 Å². The number of nitrogens with zero attached hydrogens (tertiary/aromatic N) is 1. The first kappa shape index (κ1) is 19.5. The Bertz CT molecular complexity index is 877. The van der Waals surface area contributed by atoms with Gasteiger partial charge in [0.25, 0.3) is 5.91 Å². The van der Waals surface area contributed by atoms with E-state index in [2.05, 4.69) is 5.32 Å². The molecule has 2 aromatic rings. The molecular formula is C23H26N2O4. The summed E-state index contributed by atoms with van der Waals surface area (Å²) in [5, 5.41) is 2.93. The Morgan fingerprint density at radius 2 is 2.07 bits per heavy atom. The van der Waals surface area contributed by atoms with Gasteiger partial charge in [-0.1, -0.05) is 18.2 Å². The highest BCUT2D eigenvalue weighted by Gasteiger charge is 2.20. The predicted molar refractivity (Wildman–Crippen MR) is 110 cm³/mol. The zero-order chi connectivity index (χ0) is 20.1. The lowest BCUT2D eigenvalue weighted by atomic mass is 10.1. The number of rotatable bonds is 7. The molecule has 6 nitrogen and oxygen atoms in total. The van der Waals surface area contributed by atoms with Gasteiger partial charge >= 0.3 is 0 Å². The highest BCUT2D eigenvalue weighted by Crippen LogP contribution is 2.21. The molecule has 0 radical (unpaired) electrons. The van der Waals surface area contributed by atoms with Gasteiger partial charge in [0.1, 0.15) is 12.4 Å². The van der Waals surface area contributed by atoms with E-state index in [0.717, 1.165) is 38.0 Å². The number of hydrogen-bond acceptors (Lipinski definition) is 4. The summed E-state index contributed by atoms with van der Waals surface area (Å²) >= 11 is 0. The van der Waals surface area contributed by atoms with Gasteiger partial charge in [0.2, 0.25) is 5.91 Å². The number of hydrogen-bond donors (Lipinski definition) is 1. The van der Waals surface area contributed by atoms with Gasteiger partial charge in [-0.15, -0.1) is 0 Å². The fraction of sp³-hybridized carbons (Fsp3) is 0.391. The van der Waals surface area contributed by atoms with Crippen LogP contribution >= 0.6 is 0 Å². The molecule has 2 amide bonds. The van der Waals surface area contributed by atoms with E-state index in [-0.39, 0.29) is 17.9 Å². The Balaban J connectivity index is 1.36. The zero-order valence-corrected chi connectivity index (χ0v) is 16.4. The van der Waals surface area contributed by atoms with Crippen LogP contribution in [0.5, 0.6) is 5.75 Å². The van der Waals surface area contributed by atoms with Gasteiger partial charge in [-0.05, 0) is 49.1 Å². The molecule has 1 atom stereocenters. The number of ether oxygens (including phenoxy) is 2. The van der Waals surface area contributed by atoms with Gasteiger partial charge in [0, 0.05) is 43.4 Å². The number of nitrogens with one attached hydrogen (secondary N) is 1. The normalized spacial score (nSPS) is 18.8. The summed E-state index contributed by atoms with van der Waals surface area (Å²) in [5.74, 6) is 0.704. The van der Waals surface area contributed by atoms with Gasteiger partial charge in [0.05, 0.1) is 6.10 Å². The topological polar surface area (TPSA) is 67.9 Å². The average molecular weight is 394 g/mol. The van der Waals surface area contributed by atoms with E-state index in [9.17, 15) is 9.59 Å². The third kappa shape index (κ3) is 5.15. The van der Waals surface area contributed by atoms with Crippen molar-refractivity contribution in [3.8, 4) is 5.75 Å². The Morgan fingerprint density at radius 3 is 2.86 bits per heavy atom. The molecule has 29 heavy (non-hydrogen) atoms. The summed E-state index contributed by atoms with van der Waals surface area (Å²) in [6, 6.07) is 14.8. The van der Waals surface area contributed by atoms with Crippen molar-refractivity contribution in [2.24, 2.45) is 0 Å². The number of anilines is 1. The zero-order valence-electron chi connectivity index (χ0n) is 16.4. The Labute approximate surface area is 170 Å². The fourth-order valence-electron chi connectivity index (χ4n) is 3.73. The predicted octanol–water partition coefficient (Wildman–Crippen LogP) is 3.62. The number of carbonyl (C=O) groups excluding carboxylic acids is 2. The number of likely N-dealkylation sites (tertiary alicyclic amines) is 1. The van der Waals surface area contributed by atoms with Crippen LogP contribution in [0.15, 0.2) is 48.5 Å². The molecule has 2 heterocycles. The molecule has 4 rings (SSSR count). The third-order valence-corrected chi connectivity index (χ3v) is 5.29. The summed E-state index contributed by atoms with van der Waals surface area (Å²) in [7, 11) is 0. The van der Waals surface area contributed by atoms with Crippen LogP contribution in [0, 0.1) is 0 Å². The molecule has 2 fully saturated rings. The van der Waals surface area contributed by atoms with E-state index in [0.29, 0.717) is 36.6 Å². The second-order valence-electron chi connectivity index (χ2n) is 7.55. The van der Waals surface area contributed by atoms with Crippen molar-refractivity contribution >= 4 is 17.5 Å². The van der Waals surface area contributed by atoms with Crippen molar-refractivity contribution in [3.05, 3.63) is 59.7 Å². The third-order valence-electron chi connectivity index (χ3n) is 5.29. The quantitative estimate of drug-likeness (QED) is 0.779. The molecule has 2 aromatic carbocycles. The summed E-state index contributed by atoms with van der Waals surface area (Å²) in [4.78, 5) is 26.4. The van der Waals surface area contributed by atoms with Crippen LogP contribution in [0.4, 0.5) is 5.69 Å². The second-order valence-corrected chi connectivity index (χ2v) is 7.55. The van der Waals surface area contributed by atoms with E-state index < -0.39 is 0 Å². The lowest BCUT2D eigenvalue weighted by molar-refractivity contribution is -0.128. The molecule has 6 heteroatoms. The van der Waals surface area contributed by atoms with Gasteiger partial charge < -0.3 is 19.7 Å². The average Bonchev–Trinajstić information content (AvgIpc) is 3.39. The SMILES string of the molecule is O=C(Nc1cccc(OCC2CCCO2)c1)c1cccc(CN2CCCC2=O)c1. The van der Waals surface area contributed by atoms with Crippen molar-refractivity contribution in [1.82, 2.24) is 4.90 Å². The summed E-state index contributed by atoms with van der Waals surface area (Å²) < 4.78 is 11.4. The van der Waals surface area contributed by atoms with Crippen molar-refractivity contribution in [1.29, 1.82) is 0 Å².